The second-order valence-electron chi connectivity index (χ2n) is 8.05. The molecular weight excluding hydrogens is 414 g/mol. The monoisotopic (exact) mass is 445 g/mol. The maximum Gasteiger partial charge on any atom is 0.269 e. The second kappa shape index (κ2) is 11.8. The van der Waals surface area contributed by atoms with Gasteiger partial charge in [-0.05, 0) is 22.9 Å². The summed E-state index contributed by atoms with van der Waals surface area (Å²) in [5.41, 5.74) is 1.00. The summed E-state index contributed by atoms with van der Waals surface area (Å²) in [6.07, 6.45) is 0.112. The maximum absolute atomic E-state index is 10.8. The topological polar surface area (TPSA) is 92.0 Å². The normalized spacial score (nSPS) is 17.6. The van der Waals surface area contributed by atoms with Crippen LogP contribution in [0.2, 0.25) is 0 Å². The van der Waals surface area contributed by atoms with Crippen LogP contribution in [-0.4, -0.2) is 54.7 Å². The average Bonchev–Trinajstić information content (AvgIpc) is 3.27. The van der Waals surface area contributed by atoms with Crippen LogP contribution >= 0.6 is 11.3 Å². The summed E-state index contributed by atoms with van der Waals surface area (Å²) in [6, 6.07) is 10.6. The van der Waals surface area contributed by atoms with Gasteiger partial charge < -0.3 is 15.4 Å². The molecule has 0 aliphatic carbocycles. The number of guanidine groups is 1. The second-order valence-corrected chi connectivity index (χ2v) is 9.08. The highest BCUT2D eigenvalue weighted by molar-refractivity contribution is 7.09. The molecule has 1 aromatic heterocycles. The fraction of sp³-hybridized carbons (Fsp3) is 0.500. The summed E-state index contributed by atoms with van der Waals surface area (Å²) in [4.78, 5) is 18.8. The number of morpholine rings is 1. The van der Waals surface area contributed by atoms with Crippen molar-refractivity contribution in [1.82, 2.24) is 15.5 Å². The lowest BCUT2D eigenvalue weighted by atomic mass is 10.2. The molecule has 8 nitrogen and oxygen atoms in total. The van der Waals surface area contributed by atoms with Crippen LogP contribution < -0.4 is 10.6 Å². The third-order valence-electron chi connectivity index (χ3n) is 4.92. The zero-order chi connectivity index (χ0) is 22.1. The van der Waals surface area contributed by atoms with E-state index in [1.165, 1.54) is 17.0 Å². The fourth-order valence-electron chi connectivity index (χ4n) is 3.45. The molecule has 0 saturated carbocycles. The minimum atomic E-state index is -0.393. The third kappa shape index (κ3) is 7.93. The Morgan fingerprint density at radius 1 is 1.32 bits per heavy atom. The molecule has 1 aliphatic rings. The van der Waals surface area contributed by atoms with Gasteiger partial charge in [-0.15, -0.1) is 11.3 Å². The highest BCUT2D eigenvalue weighted by atomic mass is 32.1. The van der Waals surface area contributed by atoms with Crippen molar-refractivity contribution in [2.45, 2.75) is 33.0 Å². The number of rotatable bonds is 9. The van der Waals surface area contributed by atoms with Gasteiger partial charge in [-0.2, -0.15) is 0 Å². The number of ether oxygens (including phenoxy) is 1. The molecule has 2 heterocycles. The van der Waals surface area contributed by atoms with E-state index in [0.29, 0.717) is 31.5 Å². The van der Waals surface area contributed by atoms with Gasteiger partial charge in [0.1, 0.15) is 0 Å². The Hall–Kier alpha value is -2.49. The Labute approximate surface area is 187 Å². The Balaban J connectivity index is 1.58. The number of nitrogens with one attached hydrogen (secondary N) is 2. The molecule has 9 heteroatoms. The third-order valence-corrected chi connectivity index (χ3v) is 5.80. The zero-order valence-electron chi connectivity index (χ0n) is 18.1. The summed E-state index contributed by atoms with van der Waals surface area (Å²) in [7, 11) is 0. The van der Waals surface area contributed by atoms with Gasteiger partial charge in [0.15, 0.2) is 5.96 Å². The van der Waals surface area contributed by atoms with Crippen LogP contribution in [-0.2, 0) is 17.8 Å². The molecule has 168 valence electrons. The lowest BCUT2D eigenvalue weighted by Gasteiger charge is -2.34. The smallest absolute Gasteiger partial charge is 0.269 e. The van der Waals surface area contributed by atoms with E-state index in [2.05, 4.69) is 45.8 Å². The molecular formula is C22H31N5O3S. The van der Waals surface area contributed by atoms with Crippen LogP contribution in [0.1, 0.15) is 24.3 Å². The minimum absolute atomic E-state index is 0.0855. The molecule has 0 bridgehead atoms. The van der Waals surface area contributed by atoms with Crippen molar-refractivity contribution < 1.29 is 9.66 Å². The van der Waals surface area contributed by atoms with E-state index in [-0.39, 0.29) is 11.8 Å². The molecule has 1 aliphatic heterocycles. The minimum Gasteiger partial charge on any atom is -0.374 e. The predicted molar refractivity (Wildman–Crippen MR) is 124 cm³/mol. The lowest BCUT2D eigenvalue weighted by Crippen LogP contribution is -2.50. The summed E-state index contributed by atoms with van der Waals surface area (Å²) >= 11 is 1.70. The molecule has 1 unspecified atom stereocenters. The molecule has 2 N–H and O–H groups in total. The Morgan fingerprint density at radius 3 is 2.81 bits per heavy atom. The van der Waals surface area contributed by atoms with Gasteiger partial charge in [0.25, 0.3) is 5.69 Å². The van der Waals surface area contributed by atoms with Gasteiger partial charge in [0.2, 0.25) is 0 Å². The van der Waals surface area contributed by atoms with Crippen molar-refractivity contribution in [2.24, 2.45) is 10.9 Å². The van der Waals surface area contributed by atoms with Crippen LogP contribution in [0.25, 0.3) is 0 Å². The van der Waals surface area contributed by atoms with Crippen molar-refractivity contribution in [2.75, 3.05) is 32.8 Å². The number of nitrogens with zero attached hydrogens (tertiary/aromatic N) is 3. The van der Waals surface area contributed by atoms with Gasteiger partial charge in [-0.1, -0.05) is 32.0 Å². The van der Waals surface area contributed by atoms with Gasteiger partial charge in [-0.25, -0.2) is 4.99 Å². The van der Waals surface area contributed by atoms with Crippen molar-refractivity contribution >= 4 is 23.0 Å². The first-order valence-corrected chi connectivity index (χ1v) is 11.5. The molecule has 1 atom stereocenters. The Morgan fingerprint density at radius 2 is 2.13 bits per heavy atom. The number of benzene rings is 1. The van der Waals surface area contributed by atoms with Crippen molar-refractivity contribution in [3.63, 3.8) is 0 Å². The molecule has 1 saturated heterocycles. The van der Waals surface area contributed by atoms with E-state index >= 15 is 0 Å². The van der Waals surface area contributed by atoms with Gasteiger partial charge in [-0.3, -0.25) is 15.0 Å². The van der Waals surface area contributed by atoms with E-state index in [1.54, 1.807) is 23.5 Å². The summed E-state index contributed by atoms with van der Waals surface area (Å²) < 4.78 is 5.94. The summed E-state index contributed by atoms with van der Waals surface area (Å²) in [5, 5.41) is 19.7. The quantitative estimate of drug-likeness (QED) is 0.266. The number of aliphatic imine (C=N–C) groups is 1. The van der Waals surface area contributed by atoms with Gasteiger partial charge >= 0.3 is 0 Å². The number of hydrogen-bond donors (Lipinski definition) is 2. The van der Waals surface area contributed by atoms with Crippen molar-refractivity contribution in [1.29, 1.82) is 0 Å². The van der Waals surface area contributed by atoms with Gasteiger partial charge in [0, 0.05) is 43.2 Å². The number of thiophene rings is 1. The van der Waals surface area contributed by atoms with E-state index < -0.39 is 4.92 Å². The standard InChI is InChI=1S/C22H31N5O3S/c1-17(2)15-26-9-10-30-20(16-26)13-24-22(25-14-21-4-3-11-31-21)23-12-18-5-7-19(8-6-18)27(28)29/h3-8,11,17,20H,9-10,12-16H2,1-2H3,(H2,23,24,25). The fourth-order valence-corrected chi connectivity index (χ4v) is 4.09. The first kappa shape index (κ1) is 23.2. The molecule has 0 spiro atoms. The molecule has 1 fully saturated rings. The summed E-state index contributed by atoms with van der Waals surface area (Å²) in [5.74, 6) is 1.34. The van der Waals surface area contributed by atoms with Crippen LogP contribution in [0.3, 0.4) is 0 Å². The van der Waals surface area contributed by atoms with Crippen LogP contribution in [0.15, 0.2) is 46.8 Å². The number of nitro groups is 1. The summed E-state index contributed by atoms with van der Waals surface area (Å²) in [6.45, 7) is 9.98. The number of non-ortho nitro benzene ring substituents is 1. The molecule has 3 rings (SSSR count). The van der Waals surface area contributed by atoms with Crippen LogP contribution in [0.5, 0.6) is 0 Å². The largest absolute Gasteiger partial charge is 0.374 e. The zero-order valence-corrected chi connectivity index (χ0v) is 18.9. The average molecular weight is 446 g/mol. The molecule has 2 aromatic rings. The maximum atomic E-state index is 10.8. The molecule has 1 aromatic carbocycles. The van der Waals surface area contributed by atoms with E-state index in [1.807, 2.05) is 6.07 Å². The highest BCUT2D eigenvalue weighted by Crippen LogP contribution is 2.13. The highest BCUT2D eigenvalue weighted by Gasteiger charge is 2.21. The Kier molecular flexibility index (Phi) is 8.81. The van der Waals surface area contributed by atoms with Crippen LogP contribution in [0, 0.1) is 16.0 Å². The molecule has 31 heavy (non-hydrogen) atoms. The van der Waals surface area contributed by atoms with Crippen molar-refractivity contribution in [3.05, 3.63) is 62.3 Å². The van der Waals surface area contributed by atoms with E-state index in [9.17, 15) is 10.1 Å². The Bertz CT molecular complexity index is 839. The van der Waals surface area contributed by atoms with E-state index in [0.717, 1.165) is 31.8 Å². The lowest BCUT2D eigenvalue weighted by molar-refractivity contribution is -0.384. The molecule has 0 radical (unpaired) electrons. The predicted octanol–water partition coefficient (Wildman–Crippen LogP) is 3.25. The van der Waals surface area contributed by atoms with E-state index in [4.69, 9.17) is 4.74 Å². The first-order valence-electron chi connectivity index (χ1n) is 10.6. The SMILES string of the molecule is CC(C)CN1CCOC(CNC(=NCc2ccc([N+](=O)[O-])cc2)NCc2cccs2)C1. The van der Waals surface area contributed by atoms with Crippen molar-refractivity contribution in [3.8, 4) is 0 Å². The number of hydrogen-bond acceptors (Lipinski definition) is 6. The van der Waals surface area contributed by atoms with Crippen LogP contribution in [0.4, 0.5) is 5.69 Å². The van der Waals surface area contributed by atoms with Gasteiger partial charge in [0.05, 0.1) is 30.7 Å². The number of nitro benzene ring substituents is 1. The first-order chi connectivity index (χ1) is 15.0. The molecule has 0 amide bonds.